The zero-order chi connectivity index (χ0) is 17.1. The van der Waals surface area contributed by atoms with Crippen LogP contribution in [0, 0.1) is 17.0 Å². The number of aromatic nitrogens is 2. The summed E-state index contributed by atoms with van der Waals surface area (Å²) >= 11 is 0. The average molecular weight is 329 g/mol. The molecule has 10 heteroatoms. The Labute approximate surface area is 130 Å². The first-order valence-corrected chi connectivity index (χ1v) is 7.24. The molecule has 0 spiro atoms. The molecule has 2 N–H and O–H groups in total. The number of hydrogen-bond donors (Lipinski definition) is 2. The fraction of sp³-hybridized carbons (Fsp3) is 0.692. The minimum Gasteiger partial charge on any atom is -0.393 e. The van der Waals surface area contributed by atoms with Gasteiger partial charge in [0.1, 0.15) is 0 Å². The van der Waals surface area contributed by atoms with Crippen LogP contribution in [0.1, 0.15) is 25.1 Å². The maximum atomic E-state index is 12.0. The number of aliphatic hydroxyl groups is 1. The van der Waals surface area contributed by atoms with E-state index in [1.807, 2.05) is 6.92 Å². The van der Waals surface area contributed by atoms with Crippen LogP contribution in [0.4, 0.5) is 0 Å². The van der Waals surface area contributed by atoms with Gasteiger partial charge in [0.05, 0.1) is 6.61 Å². The lowest BCUT2D eigenvalue weighted by Gasteiger charge is -2.21. The lowest BCUT2D eigenvalue weighted by Crippen LogP contribution is -2.43. The molecule has 1 unspecified atom stereocenters. The molecule has 1 aliphatic heterocycles. The predicted octanol–water partition coefficient (Wildman–Crippen LogP) is -0.825. The van der Waals surface area contributed by atoms with Crippen molar-refractivity contribution in [1.82, 2.24) is 9.55 Å². The van der Waals surface area contributed by atoms with Crippen LogP contribution < -0.4 is 11.2 Å². The molecule has 0 saturated carbocycles. The Morgan fingerprint density at radius 1 is 1.52 bits per heavy atom. The Morgan fingerprint density at radius 2 is 2.22 bits per heavy atom. The molecule has 10 nitrogen and oxygen atoms in total. The van der Waals surface area contributed by atoms with E-state index in [1.165, 1.54) is 13.1 Å². The SMILES string of the molecule is CCCO[C@@H]1C([N+](=O)[O-])[C@@H](CO)O[C@H]1n1cc(C)c(=O)[nH]c1=O. The first-order valence-electron chi connectivity index (χ1n) is 7.24. The van der Waals surface area contributed by atoms with Crippen molar-refractivity contribution in [3.63, 3.8) is 0 Å². The van der Waals surface area contributed by atoms with Gasteiger partial charge in [-0.2, -0.15) is 0 Å². The smallest absolute Gasteiger partial charge is 0.330 e. The number of H-pyrrole nitrogens is 1. The summed E-state index contributed by atoms with van der Waals surface area (Å²) in [6.45, 7) is 3.00. The molecular formula is C13H19N3O7. The van der Waals surface area contributed by atoms with Gasteiger partial charge in [0.15, 0.2) is 18.4 Å². The van der Waals surface area contributed by atoms with Crippen molar-refractivity contribution in [3.05, 3.63) is 42.7 Å². The number of nitrogens with one attached hydrogen (secondary N) is 1. The van der Waals surface area contributed by atoms with E-state index in [4.69, 9.17) is 9.47 Å². The number of aliphatic hydroxyl groups excluding tert-OH is 1. The molecule has 2 heterocycles. The molecule has 0 bridgehead atoms. The van der Waals surface area contributed by atoms with Crippen molar-refractivity contribution < 1.29 is 19.5 Å². The molecule has 1 aromatic heterocycles. The molecule has 1 aromatic rings. The quantitative estimate of drug-likeness (QED) is 0.513. The Bertz CT molecular complexity index is 683. The summed E-state index contributed by atoms with van der Waals surface area (Å²) in [5.74, 6) is 0. The molecule has 1 fully saturated rings. The minimum absolute atomic E-state index is 0.240. The second kappa shape index (κ2) is 7.02. The van der Waals surface area contributed by atoms with E-state index < -0.39 is 47.3 Å². The minimum atomic E-state index is -1.31. The van der Waals surface area contributed by atoms with Gasteiger partial charge in [-0.3, -0.25) is 24.5 Å². The van der Waals surface area contributed by atoms with Crippen LogP contribution >= 0.6 is 0 Å². The normalized spacial score (nSPS) is 27.3. The maximum Gasteiger partial charge on any atom is 0.330 e. The number of nitrogens with zero attached hydrogens (tertiary/aromatic N) is 2. The van der Waals surface area contributed by atoms with Gasteiger partial charge in [-0.1, -0.05) is 6.92 Å². The van der Waals surface area contributed by atoms with Gasteiger partial charge in [0, 0.05) is 23.3 Å². The van der Waals surface area contributed by atoms with E-state index in [1.54, 1.807) is 0 Å². The van der Waals surface area contributed by atoms with Crippen LogP contribution in [0.5, 0.6) is 0 Å². The molecule has 1 saturated heterocycles. The predicted molar refractivity (Wildman–Crippen MR) is 77.9 cm³/mol. The van der Waals surface area contributed by atoms with Crippen LogP contribution in [-0.2, 0) is 9.47 Å². The van der Waals surface area contributed by atoms with Crippen molar-refractivity contribution in [1.29, 1.82) is 0 Å². The summed E-state index contributed by atoms with van der Waals surface area (Å²) in [4.78, 5) is 36.3. The second-order valence-electron chi connectivity index (χ2n) is 5.34. The van der Waals surface area contributed by atoms with Crippen LogP contribution in [0.25, 0.3) is 0 Å². The Morgan fingerprint density at radius 3 is 2.78 bits per heavy atom. The van der Waals surface area contributed by atoms with E-state index in [2.05, 4.69) is 4.98 Å². The Hall–Kier alpha value is -2.04. The van der Waals surface area contributed by atoms with Crippen molar-refractivity contribution in [3.8, 4) is 0 Å². The van der Waals surface area contributed by atoms with Crippen LogP contribution in [-0.4, -0.2) is 51.0 Å². The average Bonchev–Trinajstić information content (AvgIpc) is 2.87. The van der Waals surface area contributed by atoms with E-state index in [0.29, 0.717) is 6.42 Å². The van der Waals surface area contributed by atoms with Crippen molar-refractivity contribution in [2.24, 2.45) is 0 Å². The molecule has 23 heavy (non-hydrogen) atoms. The first-order chi connectivity index (χ1) is 10.9. The number of rotatable bonds is 6. The van der Waals surface area contributed by atoms with Gasteiger partial charge >= 0.3 is 5.69 Å². The van der Waals surface area contributed by atoms with Crippen molar-refractivity contribution in [2.75, 3.05) is 13.2 Å². The van der Waals surface area contributed by atoms with E-state index in [-0.39, 0.29) is 12.2 Å². The van der Waals surface area contributed by atoms with Crippen LogP contribution in [0.15, 0.2) is 15.8 Å². The molecule has 0 aromatic carbocycles. The number of hydrogen-bond acceptors (Lipinski definition) is 7. The molecule has 2 rings (SSSR count). The van der Waals surface area contributed by atoms with E-state index >= 15 is 0 Å². The molecule has 0 aliphatic carbocycles. The van der Waals surface area contributed by atoms with Crippen LogP contribution in [0.3, 0.4) is 0 Å². The van der Waals surface area contributed by atoms with Crippen molar-refractivity contribution >= 4 is 0 Å². The lowest BCUT2D eigenvalue weighted by molar-refractivity contribution is -0.537. The number of nitro groups is 1. The highest BCUT2D eigenvalue weighted by Crippen LogP contribution is 2.32. The van der Waals surface area contributed by atoms with E-state index in [9.17, 15) is 24.8 Å². The summed E-state index contributed by atoms with van der Waals surface area (Å²) in [6, 6.07) is -1.31. The fourth-order valence-electron chi connectivity index (χ4n) is 2.56. The van der Waals surface area contributed by atoms with Gasteiger partial charge in [0.25, 0.3) is 11.6 Å². The van der Waals surface area contributed by atoms with Gasteiger partial charge in [-0.25, -0.2) is 4.79 Å². The molecule has 0 radical (unpaired) electrons. The third kappa shape index (κ3) is 3.33. The molecule has 128 valence electrons. The number of aromatic amines is 1. The van der Waals surface area contributed by atoms with Crippen LogP contribution in [0.2, 0.25) is 0 Å². The zero-order valence-corrected chi connectivity index (χ0v) is 12.8. The van der Waals surface area contributed by atoms with Gasteiger partial charge in [-0.05, 0) is 13.3 Å². The molecule has 0 amide bonds. The standard InChI is InChI=1S/C13H19N3O7/c1-3-4-22-10-9(16(20)21)8(6-17)23-12(10)15-5-7(2)11(18)14-13(15)19/h5,8-10,12,17H,3-4,6H2,1-2H3,(H,14,18,19)/t8-,9?,10-,12-/m1/s1. The fourth-order valence-corrected chi connectivity index (χ4v) is 2.56. The second-order valence-corrected chi connectivity index (χ2v) is 5.34. The number of ether oxygens (including phenoxy) is 2. The van der Waals surface area contributed by atoms with Gasteiger partial charge in [0.2, 0.25) is 0 Å². The summed E-state index contributed by atoms with van der Waals surface area (Å²) < 4.78 is 12.1. The Balaban J connectivity index is 2.46. The summed E-state index contributed by atoms with van der Waals surface area (Å²) in [6.07, 6.45) is -1.36. The summed E-state index contributed by atoms with van der Waals surface area (Å²) in [5.41, 5.74) is -1.04. The Kier molecular flexibility index (Phi) is 5.29. The van der Waals surface area contributed by atoms with Gasteiger partial charge in [-0.15, -0.1) is 0 Å². The van der Waals surface area contributed by atoms with Gasteiger partial charge < -0.3 is 14.6 Å². The highest BCUT2D eigenvalue weighted by atomic mass is 16.7. The largest absolute Gasteiger partial charge is 0.393 e. The zero-order valence-electron chi connectivity index (χ0n) is 12.8. The molecule has 4 atom stereocenters. The number of aryl methyl sites for hydroxylation is 1. The lowest BCUT2D eigenvalue weighted by atomic mass is 10.1. The summed E-state index contributed by atoms with van der Waals surface area (Å²) in [7, 11) is 0. The van der Waals surface area contributed by atoms with Crippen molar-refractivity contribution in [2.45, 2.75) is 44.7 Å². The third-order valence-corrected chi connectivity index (χ3v) is 3.67. The molecule has 1 aliphatic rings. The molecular weight excluding hydrogens is 310 g/mol. The summed E-state index contributed by atoms with van der Waals surface area (Å²) in [5, 5.41) is 20.6. The highest BCUT2D eigenvalue weighted by molar-refractivity contribution is 5.03. The maximum absolute atomic E-state index is 12.0. The first kappa shape index (κ1) is 17.3. The highest BCUT2D eigenvalue weighted by Gasteiger charge is 2.54. The van der Waals surface area contributed by atoms with E-state index in [0.717, 1.165) is 4.57 Å². The monoisotopic (exact) mass is 329 g/mol. The third-order valence-electron chi connectivity index (χ3n) is 3.67. The topological polar surface area (TPSA) is 137 Å².